The first kappa shape index (κ1) is 14.6. The molecule has 2 N–H and O–H groups in total. The third kappa shape index (κ3) is 2.17. The number of nitrogens with zero attached hydrogens (tertiary/aromatic N) is 1. The lowest BCUT2D eigenvalue weighted by molar-refractivity contribution is -0.141. The fourth-order valence-electron chi connectivity index (χ4n) is 2.90. The van der Waals surface area contributed by atoms with E-state index in [1.54, 1.807) is 13.1 Å². The molecule has 0 saturated heterocycles. The second-order valence-corrected chi connectivity index (χ2v) is 5.52. The second-order valence-electron chi connectivity index (χ2n) is 5.52. The molecule has 2 aromatic heterocycles. The number of carbonyl (C=O) groups is 1. The van der Waals surface area contributed by atoms with Gasteiger partial charge in [0.2, 0.25) is 0 Å². The van der Waals surface area contributed by atoms with Crippen molar-refractivity contribution in [3.05, 3.63) is 52.6 Å². The number of H-pyrrole nitrogens is 1. The average Bonchev–Trinajstić information content (AvgIpc) is 3.15. The molecular weight excluding hydrogens is 297 g/mol. The lowest BCUT2D eigenvalue weighted by Gasteiger charge is -2.16. The Labute approximate surface area is 124 Å². The van der Waals surface area contributed by atoms with Crippen molar-refractivity contribution in [1.29, 1.82) is 0 Å². The predicted octanol–water partition coefficient (Wildman–Crippen LogP) is 3.52. The van der Waals surface area contributed by atoms with Crippen LogP contribution >= 0.6 is 0 Å². The number of halogens is 3. The quantitative estimate of drug-likeness (QED) is 0.911. The van der Waals surface area contributed by atoms with E-state index < -0.39 is 23.3 Å². The van der Waals surface area contributed by atoms with Crippen LogP contribution in [0.25, 0.3) is 0 Å². The van der Waals surface area contributed by atoms with E-state index >= 15 is 0 Å². The van der Waals surface area contributed by atoms with Gasteiger partial charge in [0.25, 0.3) is 0 Å². The largest absolute Gasteiger partial charge is 0.477 e. The highest BCUT2D eigenvalue weighted by Gasteiger charge is 2.48. The molecule has 0 radical (unpaired) electrons. The fraction of sp³-hybridized carbons (Fsp3) is 0.333. The number of aromatic amines is 1. The van der Waals surface area contributed by atoms with E-state index in [1.165, 1.54) is 12.3 Å². The second kappa shape index (κ2) is 4.59. The summed E-state index contributed by atoms with van der Waals surface area (Å²) in [6.45, 7) is 1.70. The average molecular weight is 310 g/mol. The summed E-state index contributed by atoms with van der Waals surface area (Å²) >= 11 is 0. The van der Waals surface area contributed by atoms with Crippen molar-refractivity contribution in [2.75, 3.05) is 0 Å². The summed E-state index contributed by atoms with van der Waals surface area (Å²) in [5.41, 5.74) is 0.868. The van der Waals surface area contributed by atoms with Crippen molar-refractivity contribution in [3.8, 4) is 0 Å². The van der Waals surface area contributed by atoms with Gasteiger partial charge in [0.1, 0.15) is 11.4 Å². The number of alkyl halides is 3. The van der Waals surface area contributed by atoms with Crippen molar-refractivity contribution in [1.82, 2.24) is 9.97 Å². The highest BCUT2D eigenvalue weighted by atomic mass is 19.4. The molecule has 1 aliphatic rings. The molecule has 1 saturated carbocycles. The minimum atomic E-state index is -4.46. The van der Waals surface area contributed by atoms with Crippen LogP contribution in [0.2, 0.25) is 0 Å². The molecule has 0 spiro atoms. The highest BCUT2D eigenvalue weighted by Crippen LogP contribution is 2.54. The minimum absolute atomic E-state index is 0.112. The Bertz CT molecular complexity index is 728. The molecular formula is C15H13F3N2O2. The Morgan fingerprint density at radius 2 is 2.05 bits per heavy atom. The molecule has 0 unspecified atom stereocenters. The van der Waals surface area contributed by atoms with Gasteiger partial charge < -0.3 is 10.1 Å². The zero-order valence-corrected chi connectivity index (χ0v) is 11.7. The van der Waals surface area contributed by atoms with E-state index in [9.17, 15) is 18.0 Å². The van der Waals surface area contributed by atoms with Gasteiger partial charge in [-0.1, -0.05) is 6.07 Å². The van der Waals surface area contributed by atoms with Crippen molar-refractivity contribution in [3.63, 3.8) is 0 Å². The Hall–Kier alpha value is -2.31. The Kier molecular flexibility index (Phi) is 3.05. The molecule has 7 heteroatoms. The monoisotopic (exact) mass is 310 g/mol. The van der Waals surface area contributed by atoms with E-state index in [4.69, 9.17) is 5.11 Å². The third-order valence-electron chi connectivity index (χ3n) is 4.23. The lowest BCUT2D eigenvalue weighted by atomic mass is 9.88. The standard InChI is InChI=1S/C15H13F3N2O2/c1-8-10(7-20-12(8)13(21)22)14(4-5-14)9-2-3-11(19-6-9)15(16,17)18/h2-3,6-7,20H,4-5H2,1H3,(H,21,22). The first-order valence-electron chi connectivity index (χ1n) is 6.71. The predicted molar refractivity (Wildman–Crippen MR) is 71.7 cm³/mol. The first-order chi connectivity index (χ1) is 10.3. The first-order valence-corrected chi connectivity index (χ1v) is 6.71. The number of nitrogens with one attached hydrogen (secondary N) is 1. The van der Waals surface area contributed by atoms with Crippen LogP contribution in [0.3, 0.4) is 0 Å². The molecule has 22 heavy (non-hydrogen) atoms. The summed E-state index contributed by atoms with van der Waals surface area (Å²) in [7, 11) is 0. The van der Waals surface area contributed by atoms with Gasteiger partial charge in [0, 0.05) is 17.8 Å². The smallest absolute Gasteiger partial charge is 0.433 e. The normalized spacial score (nSPS) is 16.5. The molecule has 0 bridgehead atoms. The maximum Gasteiger partial charge on any atom is 0.433 e. The molecule has 4 nitrogen and oxygen atoms in total. The van der Waals surface area contributed by atoms with Crippen LogP contribution in [0.1, 0.15) is 45.7 Å². The molecule has 0 atom stereocenters. The summed E-state index contributed by atoms with van der Waals surface area (Å²) in [5, 5.41) is 9.09. The molecule has 1 aliphatic carbocycles. The Morgan fingerprint density at radius 3 is 2.45 bits per heavy atom. The van der Waals surface area contributed by atoms with E-state index in [2.05, 4.69) is 9.97 Å². The molecule has 0 aliphatic heterocycles. The fourth-order valence-corrected chi connectivity index (χ4v) is 2.90. The summed E-state index contributed by atoms with van der Waals surface area (Å²) in [5.74, 6) is -1.05. The molecule has 2 heterocycles. The number of pyridine rings is 1. The molecule has 2 aromatic rings. The zero-order chi connectivity index (χ0) is 16.1. The number of aromatic nitrogens is 2. The molecule has 116 valence electrons. The zero-order valence-electron chi connectivity index (χ0n) is 11.7. The van der Waals surface area contributed by atoms with E-state index in [-0.39, 0.29) is 5.69 Å². The number of rotatable bonds is 3. The van der Waals surface area contributed by atoms with Crippen LogP contribution in [0.5, 0.6) is 0 Å². The van der Waals surface area contributed by atoms with Crippen molar-refractivity contribution >= 4 is 5.97 Å². The number of carboxylic acids is 1. The van der Waals surface area contributed by atoms with Crippen LogP contribution in [0.15, 0.2) is 24.5 Å². The Balaban J connectivity index is 1.99. The maximum atomic E-state index is 12.6. The van der Waals surface area contributed by atoms with Crippen molar-refractivity contribution in [2.24, 2.45) is 0 Å². The van der Waals surface area contributed by atoms with Gasteiger partial charge in [-0.25, -0.2) is 4.79 Å². The topological polar surface area (TPSA) is 66.0 Å². The number of carboxylic acid groups (broad SMARTS) is 1. The molecule has 1 fully saturated rings. The summed E-state index contributed by atoms with van der Waals surface area (Å²) in [4.78, 5) is 17.3. The van der Waals surface area contributed by atoms with Gasteiger partial charge in [-0.15, -0.1) is 0 Å². The van der Waals surface area contributed by atoms with Gasteiger partial charge in [0.15, 0.2) is 0 Å². The maximum absolute atomic E-state index is 12.6. The summed E-state index contributed by atoms with van der Waals surface area (Å²) in [6.07, 6.45) is -0.0719. The molecule has 0 amide bonds. The van der Waals surface area contributed by atoms with Crippen LogP contribution in [-0.2, 0) is 11.6 Å². The summed E-state index contributed by atoms with van der Waals surface area (Å²) in [6, 6.07) is 2.39. The van der Waals surface area contributed by atoms with Gasteiger partial charge in [-0.3, -0.25) is 4.98 Å². The van der Waals surface area contributed by atoms with Gasteiger partial charge in [-0.2, -0.15) is 13.2 Å². The van der Waals surface area contributed by atoms with Crippen LogP contribution in [0, 0.1) is 6.92 Å². The van der Waals surface area contributed by atoms with Crippen LogP contribution in [0.4, 0.5) is 13.2 Å². The molecule has 0 aromatic carbocycles. The SMILES string of the molecule is Cc1c(C2(c3ccc(C(F)(F)F)nc3)CC2)c[nH]c1C(=O)O. The van der Waals surface area contributed by atoms with E-state index in [1.807, 2.05) is 0 Å². The number of hydrogen-bond acceptors (Lipinski definition) is 2. The highest BCUT2D eigenvalue weighted by molar-refractivity contribution is 5.88. The summed E-state index contributed by atoms with van der Waals surface area (Å²) < 4.78 is 37.7. The number of aromatic carboxylic acids is 1. The third-order valence-corrected chi connectivity index (χ3v) is 4.23. The Morgan fingerprint density at radius 1 is 1.36 bits per heavy atom. The lowest BCUT2D eigenvalue weighted by Crippen LogP contribution is -2.13. The van der Waals surface area contributed by atoms with Crippen molar-refractivity contribution < 1.29 is 23.1 Å². The van der Waals surface area contributed by atoms with Gasteiger partial charge >= 0.3 is 12.1 Å². The minimum Gasteiger partial charge on any atom is -0.477 e. The van der Waals surface area contributed by atoms with Gasteiger partial charge in [0.05, 0.1) is 0 Å². The van der Waals surface area contributed by atoms with Crippen LogP contribution < -0.4 is 0 Å². The van der Waals surface area contributed by atoms with Gasteiger partial charge in [-0.05, 0) is 42.5 Å². The molecule has 3 rings (SSSR count). The van der Waals surface area contributed by atoms with E-state index in [0.717, 1.165) is 24.5 Å². The van der Waals surface area contributed by atoms with Crippen molar-refractivity contribution in [2.45, 2.75) is 31.4 Å². The van der Waals surface area contributed by atoms with E-state index in [0.29, 0.717) is 11.1 Å². The number of hydrogen-bond donors (Lipinski definition) is 2. The van der Waals surface area contributed by atoms with Crippen LogP contribution in [-0.4, -0.2) is 21.0 Å².